The predicted molar refractivity (Wildman–Crippen MR) is 146 cm³/mol. The number of nitriles is 1. The van der Waals surface area contributed by atoms with Crippen molar-refractivity contribution in [1.29, 1.82) is 5.26 Å². The van der Waals surface area contributed by atoms with Crippen molar-refractivity contribution in [3.63, 3.8) is 0 Å². The number of hydrogen-bond donors (Lipinski definition) is 2. The number of dihydropyridines is 1. The number of carbonyl (C=O) groups excluding carboxylic acids is 2. The molecule has 0 aliphatic carbocycles. The van der Waals surface area contributed by atoms with Crippen LogP contribution in [0.3, 0.4) is 0 Å². The molecule has 1 unspecified atom stereocenters. The first-order valence-electron chi connectivity index (χ1n) is 11.4. The smallest absolute Gasteiger partial charge is 0.254 e. The van der Waals surface area contributed by atoms with E-state index in [1.807, 2.05) is 31.2 Å². The maximum atomic E-state index is 13.6. The van der Waals surface area contributed by atoms with Crippen molar-refractivity contribution < 1.29 is 14.0 Å². The number of hydrogen-bond acceptors (Lipinski definition) is 5. The lowest BCUT2D eigenvalue weighted by Gasteiger charge is -2.30. The van der Waals surface area contributed by atoms with Crippen molar-refractivity contribution in [2.45, 2.75) is 19.8 Å². The zero-order chi connectivity index (χ0) is 26.5. The number of carbonyl (C=O) groups is 2. The molecule has 0 radical (unpaired) electrons. The Hall–Kier alpha value is -3.86. The van der Waals surface area contributed by atoms with Gasteiger partial charge in [0.05, 0.1) is 28.3 Å². The fourth-order valence-electron chi connectivity index (χ4n) is 4.11. The van der Waals surface area contributed by atoms with E-state index >= 15 is 0 Å². The highest BCUT2D eigenvalue weighted by Gasteiger charge is 2.36. The molecule has 1 aliphatic rings. The average Bonchev–Trinajstić information content (AvgIpc) is 2.88. The lowest BCUT2D eigenvalue weighted by Crippen LogP contribution is -2.31. The molecule has 37 heavy (non-hydrogen) atoms. The van der Waals surface area contributed by atoms with Gasteiger partial charge in [-0.15, -0.1) is 0 Å². The normalized spacial score (nSPS) is 15.2. The van der Waals surface area contributed by atoms with Crippen molar-refractivity contribution in [1.82, 2.24) is 5.32 Å². The molecule has 1 aliphatic heterocycles. The Morgan fingerprint density at radius 3 is 2.41 bits per heavy atom. The maximum absolute atomic E-state index is 13.6. The summed E-state index contributed by atoms with van der Waals surface area (Å²) in [6, 6.07) is 22.1. The van der Waals surface area contributed by atoms with E-state index in [0.29, 0.717) is 38.1 Å². The molecule has 0 aromatic heterocycles. The quantitative estimate of drug-likeness (QED) is 0.330. The molecule has 0 spiro atoms. The number of aryl methyl sites for hydroxylation is 1. The van der Waals surface area contributed by atoms with E-state index in [9.17, 15) is 19.2 Å². The Kier molecular flexibility index (Phi) is 8.12. The summed E-state index contributed by atoms with van der Waals surface area (Å²) >= 11 is 7.71. The Balaban J connectivity index is 1.70. The minimum absolute atomic E-state index is 0.0202. The summed E-state index contributed by atoms with van der Waals surface area (Å²) in [6.07, 6.45) is 0. The zero-order valence-electron chi connectivity index (χ0n) is 20.1. The first kappa shape index (κ1) is 26.2. The number of benzene rings is 3. The average molecular weight is 532 g/mol. The van der Waals surface area contributed by atoms with Crippen LogP contribution in [0.2, 0.25) is 5.02 Å². The first-order valence-corrected chi connectivity index (χ1v) is 12.8. The van der Waals surface area contributed by atoms with E-state index in [0.717, 1.165) is 17.3 Å². The molecule has 1 heterocycles. The summed E-state index contributed by atoms with van der Waals surface area (Å²) in [5, 5.41) is 17.2. The highest BCUT2D eigenvalue weighted by Crippen LogP contribution is 2.43. The number of Topliss-reactive ketones (excluding diaryl/α,β-unsaturated/α-hetero) is 1. The molecule has 0 saturated heterocycles. The largest absolute Gasteiger partial charge is 0.353 e. The Bertz CT molecular complexity index is 1470. The molecule has 186 valence electrons. The van der Waals surface area contributed by atoms with Crippen molar-refractivity contribution >= 4 is 40.7 Å². The molecule has 3 aromatic rings. The van der Waals surface area contributed by atoms with Gasteiger partial charge in [-0.25, -0.2) is 4.39 Å². The van der Waals surface area contributed by atoms with E-state index < -0.39 is 11.7 Å². The van der Waals surface area contributed by atoms with Gasteiger partial charge in [0.25, 0.3) is 5.91 Å². The maximum Gasteiger partial charge on any atom is 0.254 e. The van der Waals surface area contributed by atoms with Gasteiger partial charge in [-0.1, -0.05) is 59.8 Å². The first-order chi connectivity index (χ1) is 17.8. The van der Waals surface area contributed by atoms with Gasteiger partial charge in [0.1, 0.15) is 5.82 Å². The summed E-state index contributed by atoms with van der Waals surface area (Å²) in [5.41, 5.74) is 3.74. The number of thioether (sulfide) groups is 1. The summed E-state index contributed by atoms with van der Waals surface area (Å²) in [5.74, 6) is -1.72. The Labute approximate surface area is 224 Å². The molecule has 8 heteroatoms. The minimum atomic E-state index is -0.743. The molecule has 0 fully saturated rings. The van der Waals surface area contributed by atoms with Crippen LogP contribution in [-0.4, -0.2) is 17.4 Å². The lowest BCUT2D eigenvalue weighted by atomic mass is 9.82. The number of nitrogens with zero attached hydrogens (tertiary/aromatic N) is 1. The summed E-state index contributed by atoms with van der Waals surface area (Å²) in [7, 11) is 0. The number of rotatable bonds is 7. The number of nitrogens with one attached hydrogen (secondary N) is 2. The minimum Gasteiger partial charge on any atom is -0.353 e. The second-order valence-corrected chi connectivity index (χ2v) is 9.85. The SMILES string of the molecule is CC1=C(C(=O)Nc2ccccc2C)C(c2ccccc2Cl)C(C#N)=C(SCC(=O)c2ccc(F)cc2)N1. The van der Waals surface area contributed by atoms with Crippen LogP contribution in [0.1, 0.15) is 34.3 Å². The van der Waals surface area contributed by atoms with Gasteiger partial charge < -0.3 is 10.6 Å². The fourth-order valence-corrected chi connectivity index (χ4v) is 5.34. The van der Waals surface area contributed by atoms with Crippen LogP contribution in [0, 0.1) is 24.1 Å². The Morgan fingerprint density at radius 1 is 1.05 bits per heavy atom. The molecule has 4 rings (SSSR count). The highest BCUT2D eigenvalue weighted by molar-refractivity contribution is 8.03. The summed E-state index contributed by atoms with van der Waals surface area (Å²) < 4.78 is 13.2. The third-order valence-corrected chi connectivity index (χ3v) is 7.38. The zero-order valence-corrected chi connectivity index (χ0v) is 21.7. The lowest BCUT2D eigenvalue weighted by molar-refractivity contribution is -0.113. The van der Waals surface area contributed by atoms with E-state index in [1.54, 1.807) is 31.2 Å². The van der Waals surface area contributed by atoms with Gasteiger partial charge in [-0.05, 0) is 61.4 Å². The van der Waals surface area contributed by atoms with Crippen molar-refractivity contribution in [3.05, 3.63) is 122 Å². The number of anilines is 1. The van der Waals surface area contributed by atoms with E-state index in [1.165, 1.54) is 24.3 Å². The molecule has 0 saturated carbocycles. The van der Waals surface area contributed by atoms with Gasteiger partial charge in [-0.3, -0.25) is 9.59 Å². The van der Waals surface area contributed by atoms with Gasteiger partial charge in [-0.2, -0.15) is 5.26 Å². The van der Waals surface area contributed by atoms with E-state index in [2.05, 4.69) is 16.7 Å². The monoisotopic (exact) mass is 531 g/mol. The molecule has 2 N–H and O–H groups in total. The fraction of sp³-hybridized carbons (Fsp3) is 0.138. The van der Waals surface area contributed by atoms with Gasteiger partial charge in [0, 0.05) is 27.5 Å². The Morgan fingerprint density at radius 2 is 1.73 bits per heavy atom. The second-order valence-electron chi connectivity index (χ2n) is 8.46. The van der Waals surface area contributed by atoms with Gasteiger partial charge >= 0.3 is 0 Å². The standard InChI is InChI=1S/C29H23ClFN3O2S/c1-17-7-3-6-10-24(17)34-28(36)26-18(2)33-29(37-16-25(35)19-11-13-20(31)14-12-19)22(15-32)27(26)21-8-4-5-9-23(21)30/h3-14,27,33H,16H2,1-2H3,(H,34,36). The number of ketones is 1. The third kappa shape index (κ3) is 5.77. The molecule has 1 atom stereocenters. The topological polar surface area (TPSA) is 82.0 Å². The predicted octanol–water partition coefficient (Wildman–Crippen LogP) is 6.74. The van der Waals surface area contributed by atoms with E-state index in [4.69, 9.17) is 11.6 Å². The van der Waals surface area contributed by atoms with Crippen LogP contribution in [0.25, 0.3) is 0 Å². The molecule has 3 aromatic carbocycles. The van der Waals surface area contributed by atoms with Crippen molar-refractivity contribution in [2.75, 3.05) is 11.1 Å². The summed E-state index contributed by atoms with van der Waals surface area (Å²) in [4.78, 5) is 26.3. The van der Waals surface area contributed by atoms with Gasteiger partial charge in [0.15, 0.2) is 5.78 Å². The van der Waals surface area contributed by atoms with Crippen LogP contribution in [0.5, 0.6) is 0 Å². The molecular formula is C29H23ClFN3O2S. The van der Waals surface area contributed by atoms with Crippen LogP contribution in [0.4, 0.5) is 10.1 Å². The van der Waals surface area contributed by atoms with Crippen LogP contribution < -0.4 is 10.6 Å². The van der Waals surface area contributed by atoms with Crippen molar-refractivity contribution in [2.24, 2.45) is 0 Å². The molecule has 1 amide bonds. The summed E-state index contributed by atoms with van der Waals surface area (Å²) in [6.45, 7) is 3.65. The van der Waals surface area contributed by atoms with Crippen LogP contribution >= 0.6 is 23.4 Å². The third-order valence-electron chi connectivity index (χ3n) is 6.02. The van der Waals surface area contributed by atoms with Crippen LogP contribution in [-0.2, 0) is 4.79 Å². The van der Waals surface area contributed by atoms with Crippen LogP contribution in [0.15, 0.2) is 94.7 Å². The number of amides is 1. The number of para-hydroxylation sites is 1. The number of halogens is 2. The highest BCUT2D eigenvalue weighted by atomic mass is 35.5. The molecule has 0 bridgehead atoms. The van der Waals surface area contributed by atoms with Gasteiger partial charge in [0.2, 0.25) is 0 Å². The molecule has 5 nitrogen and oxygen atoms in total. The van der Waals surface area contributed by atoms with Crippen molar-refractivity contribution in [3.8, 4) is 6.07 Å². The van der Waals surface area contributed by atoms with E-state index in [-0.39, 0.29) is 23.0 Å². The molecular weight excluding hydrogens is 509 g/mol. The number of allylic oxidation sites excluding steroid dienone is 2. The second kappa shape index (κ2) is 11.5.